The van der Waals surface area contributed by atoms with Crippen molar-refractivity contribution in [2.45, 2.75) is 75.8 Å². The summed E-state index contributed by atoms with van der Waals surface area (Å²) in [7, 11) is 0. The van der Waals surface area contributed by atoms with Crippen LogP contribution in [0, 0.1) is 10.1 Å². The summed E-state index contributed by atoms with van der Waals surface area (Å²) in [6.45, 7) is 1.95. The number of rotatable bonds is 11. The highest BCUT2D eigenvalue weighted by Crippen LogP contribution is 2.45. The lowest BCUT2D eigenvalue weighted by Gasteiger charge is -2.51. The van der Waals surface area contributed by atoms with Crippen molar-refractivity contribution in [1.29, 1.82) is 0 Å². The van der Waals surface area contributed by atoms with Crippen LogP contribution in [0.4, 0.5) is 31.1 Å². The topological polar surface area (TPSA) is 108 Å². The molecule has 1 fully saturated rings. The van der Waals surface area contributed by atoms with E-state index in [2.05, 4.69) is 0 Å². The maximum Gasteiger partial charge on any atom is 0.416 e. The first-order valence-electron chi connectivity index (χ1n) is 15.3. The highest BCUT2D eigenvalue weighted by atomic mass is 19.4. The number of esters is 1. The average Bonchev–Trinajstić information content (AvgIpc) is 3.06. The molecule has 1 aliphatic rings. The van der Waals surface area contributed by atoms with E-state index in [1.807, 2.05) is 0 Å². The van der Waals surface area contributed by atoms with Crippen LogP contribution in [-0.4, -0.2) is 47.2 Å². The molecule has 1 aliphatic heterocycles. The van der Waals surface area contributed by atoms with Gasteiger partial charge in [0.15, 0.2) is 0 Å². The normalized spacial score (nSPS) is 20.4. The van der Waals surface area contributed by atoms with Crippen molar-refractivity contribution in [2.75, 3.05) is 13.2 Å². The van der Waals surface area contributed by atoms with Gasteiger partial charge < -0.3 is 14.2 Å². The number of carbonyl (C=O) groups excluding carboxylic acids is 2. The van der Waals surface area contributed by atoms with E-state index in [-0.39, 0.29) is 32.1 Å². The summed E-state index contributed by atoms with van der Waals surface area (Å²) in [5, 5.41) is 12.3. The fourth-order valence-corrected chi connectivity index (χ4v) is 5.98. The first-order valence-corrected chi connectivity index (χ1v) is 15.3. The molecule has 264 valence electrons. The number of hydrogen-bond donors (Lipinski definition) is 0. The monoisotopic (exact) mass is 696 g/mol. The zero-order chi connectivity index (χ0) is 36.0. The van der Waals surface area contributed by atoms with Gasteiger partial charge in [-0.05, 0) is 55.2 Å². The van der Waals surface area contributed by atoms with Gasteiger partial charge in [-0.2, -0.15) is 26.3 Å². The SMILES string of the molecule is CCOC(=O)C[C@H]1[C@H]([N+](=O)[O-])CCC(CO[C@H](C)c2cc(C(F)(F)F)cc(C(F)(F)F)c2)(c2ccccc2)N1C(=O)OCc1ccccc1. The van der Waals surface area contributed by atoms with Crippen LogP contribution in [0.3, 0.4) is 0 Å². The Kier molecular flexibility index (Phi) is 11.6. The average molecular weight is 697 g/mol. The van der Waals surface area contributed by atoms with Crippen molar-refractivity contribution in [3.05, 3.63) is 117 Å². The Morgan fingerprint density at radius 1 is 0.939 bits per heavy atom. The minimum Gasteiger partial charge on any atom is -0.466 e. The highest BCUT2D eigenvalue weighted by molar-refractivity contribution is 5.74. The molecule has 0 N–H and O–H groups in total. The predicted molar refractivity (Wildman–Crippen MR) is 162 cm³/mol. The van der Waals surface area contributed by atoms with Crippen LogP contribution in [0.25, 0.3) is 0 Å². The second-order valence-electron chi connectivity index (χ2n) is 11.6. The Hall–Kier alpha value is -4.66. The van der Waals surface area contributed by atoms with Gasteiger partial charge in [0.1, 0.15) is 12.6 Å². The summed E-state index contributed by atoms with van der Waals surface area (Å²) < 4.78 is 98.6. The van der Waals surface area contributed by atoms with Gasteiger partial charge in [0.2, 0.25) is 6.04 Å². The highest BCUT2D eigenvalue weighted by Gasteiger charge is 2.56. The Bertz CT molecular complexity index is 1570. The van der Waals surface area contributed by atoms with Crippen molar-refractivity contribution in [1.82, 2.24) is 4.90 Å². The summed E-state index contributed by atoms with van der Waals surface area (Å²) in [5.74, 6) is -0.831. The molecule has 0 bridgehead atoms. The van der Waals surface area contributed by atoms with E-state index in [4.69, 9.17) is 14.2 Å². The molecule has 0 aliphatic carbocycles. The molecule has 4 atom stereocenters. The zero-order valence-corrected chi connectivity index (χ0v) is 26.5. The molecular formula is C34H34F6N2O7. The molecule has 1 saturated heterocycles. The quantitative estimate of drug-likeness (QED) is 0.0863. The fourth-order valence-electron chi connectivity index (χ4n) is 5.98. The lowest BCUT2D eigenvalue weighted by atomic mass is 9.76. The lowest BCUT2D eigenvalue weighted by molar-refractivity contribution is -0.536. The van der Waals surface area contributed by atoms with Gasteiger partial charge in [0.05, 0.1) is 42.4 Å². The number of ether oxygens (including phenoxy) is 3. The van der Waals surface area contributed by atoms with Gasteiger partial charge in [-0.25, -0.2) is 4.79 Å². The van der Waals surface area contributed by atoms with Crippen molar-refractivity contribution >= 4 is 12.1 Å². The number of hydrogen-bond acceptors (Lipinski definition) is 7. The molecule has 49 heavy (non-hydrogen) atoms. The third kappa shape index (κ3) is 8.88. The molecule has 0 spiro atoms. The molecule has 15 heteroatoms. The van der Waals surface area contributed by atoms with E-state index in [1.165, 1.54) is 13.8 Å². The summed E-state index contributed by atoms with van der Waals surface area (Å²) in [4.78, 5) is 39.7. The molecule has 9 nitrogen and oxygen atoms in total. The van der Waals surface area contributed by atoms with Gasteiger partial charge in [-0.15, -0.1) is 0 Å². The number of carbonyl (C=O) groups is 2. The molecule has 4 rings (SSSR count). The van der Waals surface area contributed by atoms with Gasteiger partial charge in [0, 0.05) is 11.3 Å². The third-order valence-corrected chi connectivity index (χ3v) is 8.41. The number of amides is 1. The largest absolute Gasteiger partial charge is 0.466 e. The summed E-state index contributed by atoms with van der Waals surface area (Å²) >= 11 is 0. The maximum atomic E-state index is 14.1. The van der Waals surface area contributed by atoms with E-state index >= 15 is 0 Å². The maximum absolute atomic E-state index is 14.1. The molecule has 0 radical (unpaired) electrons. The predicted octanol–water partition coefficient (Wildman–Crippen LogP) is 8.10. The molecular weight excluding hydrogens is 662 g/mol. The number of piperidine rings is 1. The Labute approximate surface area is 277 Å². The van der Waals surface area contributed by atoms with Crippen molar-refractivity contribution in [3.63, 3.8) is 0 Å². The summed E-state index contributed by atoms with van der Waals surface area (Å²) in [5.41, 5.74) is -4.15. The van der Waals surface area contributed by atoms with Crippen LogP contribution in [-0.2, 0) is 43.5 Å². The number of benzene rings is 3. The van der Waals surface area contributed by atoms with E-state index in [0.717, 1.165) is 4.90 Å². The number of alkyl halides is 6. The molecule has 1 unspecified atom stereocenters. The minimum absolute atomic E-state index is 0.00498. The van der Waals surface area contributed by atoms with Gasteiger partial charge in [-0.3, -0.25) is 19.8 Å². The van der Waals surface area contributed by atoms with Crippen LogP contribution in [0.15, 0.2) is 78.9 Å². The number of halogens is 6. The second kappa shape index (κ2) is 15.3. The molecule has 0 aromatic heterocycles. The summed E-state index contributed by atoms with van der Waals surface area (Å²) in [6, 6.07) is 14.8. The zero-order valence-electron chi connectivity index (χ0n) is 26.5. The van der Waals surface area contributed by atoms with Crippen LogP contribution in [0.5, 0.6) is 0 Å². The van der Waals surface area contributed by atoms with Crippen LogP contribution < -0.4 is 0 Å². The lowest BCUT2D eigenvalue weighted by Crippen LogP contribution is -2.65. The molecule has 3 aromatic carbocycles. The number of likely N-dealkylation sites (tertiary alicyclic amines) is 1. The third-order valence-electron chi connectivity index (χ3n) is 8.41. The van der Waals surface area contributed by atoms with Crippen molar-refractivity contribution < 1.29 is 55.1 Å². The molecule has 0 saturated carbocycles. The van der Waals surface area contributed by atoms with Crippen LogP contribution >= 0.6 is 0 Å². The Morgan fingerprint density at radius 3 is 2.04 bits per heavy atom. The standard InChI is InChI=1S/C34H34F6N2O7/c1-3-47-30(43)19-29-28(42(45)46)14-15-32(25-12-8-5-9-13-25,41(29)31(44)48-20-23-10-6-4-7-11-23)21-49-22(2)24-16-26(33(35,36)37)18-27(17-24)34(38,39)40/h4-13,16-18,22,28-29H,3,14-15,19-21H2,1-2H3/t22-,28-,29+,32?/m1/s1. The smallest absolute Gasteiger partial charge is 0.416 e. The molecule has 1 amide bonds. The Balaban J connectivity index is 1.81. The minimum atomic E-state index is -5.10. The van der Waals surface area contributed by atoms with Crippen molar-refractivity contribution in [3.8, 4) is 0 Å². The first kappa shape index (κ1) is 37.2. The van der Waals surface area contributed by atoms with Gasteiger partial charge in [0.25, 0.3) is 0 Å². The van der Waals surface area contributed by atoms with E-state index in [0.29, 0.717) is 23.3 Å². The van der Waals surface area contributed by atoms with E-state index in [9.17, 15) is 46.0 Å². The summed E-state index contributed by atoms with van der Waals surface area (Å²) in [6.07, 6.45) is -13.5. The molecule has 3 aromatic rings. The second-order valence-corrected chi connectivity index (χ2v) is 11.6. The van der Waals surface area contributed by atoms with Crippen LogP contribution in [0.2, 0.25) is 0 Å². The van der Waals surface area contributed by atoms with Crippen LogP contribution in [0.1, 0.15) is 67.0 Å². The van der Waals surface area contributed by atoms with Gasteiger partial charge >= 0.3 is 24.4 Å². The van der Waals surface area contributed by atoms with Gasteiger partial charge in [-0.1, -0.05) is 60.7 Å². The Morgan fingerprint density at radius 2 is 1.51 bits per heavy atom. The number of nitrogens with zero attached hydrogens (tertiary/aromatic N) is 2. The van der Waals surface area contributed by atoms with E-state index in [1.54, 1.807) is 60.7 Å². The fraction of sp³-hybridized carbons (Fsp3) is 0.412. The van der Waals surface area contributed by atoms with Crippen molar-refractivity contribution in [2.24, 2.45) is 0 Å². The number of nitro groups is 1. The first-order chi connectivity index (χ1) is 23.1. The van der Waals surface area contributed by atoms with E-state index < -0.39 is 82.8 Å². The molecule has 1 heterocycles.